The van der Waals surface area contributed by atoms with Gasteiger partial charge in [0.05, 0.1) is 4.32 Å². The van der Waals surface area contributed by atoms with Gasteiger partial charge in [-0.2, -0.15) is 0 Å². The summed E-state index contributed by atoms with van der Waals surface area (Å²) in [6.07, 6.45) is 6.56. The number of para-hydroxylation sites is 1. The first-order chi connectivity index (χ1) is 23.5. The van der Waals surface area contributed by atoms with Crippen LogP contribution in [0.2, 0.25) is 0 Å². The summed E-state index contributed by atoms with van der Waals surface area (Å²) in [7, 11) is 0. The van der Waals surface area contributed by atoms with Crippen molar-refractivity contribution in [3.8, 4) is 22.8 Å². The van der Waals surface area contributed by atoms with Gasteiger partial charge >= 0.3 is 0 Å². The fourth-order valence-corrected chi connectivity index (χ4v) is 8.69. The largest absolute Gasteiger partial charge is 0.456 e. The predicted octanol–water partition coefficient (Wildman–Crippen LogP) is 11.0. The molecular weight excluding hydrogens is 654 g/mol. The minimum absolute atomic E-state index is 0.333. The quantitative estimate of drug-likeness (QED) is 0.173. The van der Waals surface area contributed by atoms with E-state index in [1.54, 1.807) is 0 Å². The van der Waals surface area contributed by atoms with E-state index in [-0.39, 0.29) is 4.32 Å². The molecule has 7 aromatic rings. The molecule has 0 saturated heterocycles. The van der Waals surface area contributed by atoms with Crippen molar-refractivity contribution in [3.05, 3.63) is 173 Å². The normalized spacial score (nSPS) is 20.2. The number of allylic oxidation sites excluding steroid dienone is 4. The van der Waals surface area contributed by atoms with E-state index in [0.717, 1.165) is 45.9 Å². The Kier molecular flexibility index (Phi) is 6.63. The summed E-state index contributed by atoms with van der Waals surface area (Å²) >= 11 is 4.23. The monoisotopic (exact) mass is 685 g/mol. The van der Waals surface area contributed by atoms with Crippen LogP contribution >= 0.6 is 15.9 Å². The highest BCUT2D eigenvalue weighted by atomic mass is 79.9. The second kappa shape index (κ2) is 11.0. The maximum Gasteiger partial charge on any atom is 0.163 e. The number of hydrogen-bond donors (Lipinski definition) is 0. The average molecular weight is 687 g/mol. The van der Waals surface area contributed by atoms with Crippen LogP contribution in [-0.2, 0) is 9.74 Å². The Balaban J connectivity index is 1.41. The lowest BCUT2D eigenvalue weighted by atomic mass is 9.58. The Hall–Kier alpha value is -5.13. The molecular formula is C43H32BrN3O. The first kappa shape index (κ1) is 29.0. The van der Waals surface area contributed by atoms with Crippen LogP contribution in [0.15, 0.2) is 149 Å². The van der Waals surface area contributed by atoms with Gasteiger partial charge in [-0.05, 0) is 78.3 Å². The molecule has 0 saturated carbocycles. The lowest BCUT2D eigenvalue weighted by Gasteiger charge is -2.48. The van der Waals surface area contributed by atoms with E-state index in [1.165, 1.54) is 33.4 Å². The number of rotatable bonds is 4. The summed E-state index contributed by atoms with van der Waals surface area (Å²) in [6, 6.07) is 42.2. The van der Waals surface area contributed by atoms with Crippen LogP contribution < -0.4 is 0 Å². The second-order valence-corrected chi connectivity index (χ2v) is 14.5. The third kappa shape index (κ3) is 4.23. The van der Waals surface area contributed by atoms with Crippen molar-refractivity contribution in [2.24, 2.45) is 0 Å². The topological polar surface area (TPSA) is 51.8 Å². The van der Waals surface area contributed by atoms with Crippen molar-refractivity contribution in [1.29, 1.82) is 0 Å². The third-order valence-corrected chi connectivity index (χ3v) is 11.1. The first-order valence-corrected chi connectivity index (χ1v) is 17.2. The van der Waals surface area contributed by atoms with Crippen molar-refractivity contribution in [3.63, 3.8) is 0 Å². The molecule has 2 aliphatic carbocycles. The average Bonchev–Trinajstić information content (AvgIpc) is 3.51. The molecule has 0 spiro atoms. The van der Waals surface area contributed by atoms with E-state index in [9.17, 15) is 0 Å². The first-order valence-electron chi connectivity index (χ1n) is 16.5. The van der Waals surface area contributed by atoms with Gasteiger partial charge in [0.15, 0.2) is 17.5 Å². The van der Waals surface area contributed by atoms with Crippen molar-refractivity contribution >= 4 is 37.9 Å². The van der Waals surface area contributed by atoms with E-state index in [4.69, 9.17) is 19.4 Å². The summed E-state index contributed by atoms with van der Waals surface area (Å²) in [4.78, 5) is 16.1. The molecule has 0 aliphatic heterocycles. The summed E-state index contributed by atoms with van der Waals surface area (Å²) < 4.78 is 5.99. The van der Waals surface area contributed by atoms with Crippen molar-refractivity contribution in [1.82, 2.24) is 15.0 Å². The molecule has 0 radical (unpaired) electrons. The van der Waals surface area contributed by atoms with E-state index >= 15 is 0 Å². The molecule has 2 unspecified atom stereocenters. The molecule has 2 atom stereocenters. The SMILES string of the molecule is Cc1ccccc1C1(c2nc(-c3ccccc3)nc(-c3ccc4c(c3)oc3ccccc34)n2)C2=C(CCC=C2)C(C)(Br)c2ccccc21. The number of benzene rings is 5. The molecule has 5 aromatic carbocycles. The highest BCUT2D eigenvalue weighted by Crippen LogP contribution is 2.59. The number of hydrogen-bond acceptors (Lipinski definition) is 4. The van der Waals surface area contributed by atoms with E-state index in [2.05, 4.69) is 127 Å². The number of alkyl halides is 1. The van der Waals surface area contributed by atoms with Gasteiger partial charge < -0.3 is 4.42 Å². The Bertz CT molecular complexity index is 2460. The zero-order valence-electron chi connectivity index (χ0n) is 26.7. The molecule has 232 valence electrons. The highest BCUT2D eigenvalue weighted by Gasteiger charge is 2.53. The molecule has 48 heavy (non-hydrogen) atoms. The van der Waals surface area contributed by atoms with E-state index in [0.29, 0.717) is 17.5 Å². The van der Waals surface area contributed by atoms with Crippen LogP contribution in [0.3, 0.4) is 0 Å². The molecule has 0 amide bonds. The summed E-state index contributed by atoms with van der Waals surface area (Å²) in [6.45, 7) is 4.49. The van der Waals surface area contributed by atoms with E-state index < -0.39 is 5.41 Å². The van der Waals surface area contributed by atoms with Gasteiger partial charge in [-0.3, -0.25) is 0 Å². The Labute approximate surface area is 288 Å². The number of aromatic nitrogens is 3. The third-order valence-electron chi connectivity index (χ3n) is 10.2. The van der Waals surface area contributed by atoms with Crippen LogP contribution in [0, 0.1) is 6.92 Å². The van der Waals surface area contributed by atoms with Crippen LogP contribution in [0.25, 0.3) is 44.7 Å². The maximum absolute atomic E-state index is 6.33. The predicted molar refractivity (Wildman–Crippen MR) is 197 cm³/mol. The lowest BCUT2D eigenvalue weighted by molar-refractivity contribution is 0.585. The van der Waals surface area contributed by atoms with Gasteiger partial charge in [0.1, 0.15) is 16.6 Å². The van der Waals surface area contributed by atoms with Gasteiger partial charge in [-0.25, -0.2) is 15.0 Å². The fraction of sp³-hybridized carbons (Fsp3) is 0.140. The number of aryl methyl sites for hydroxylation is 1. The van der Waals surface area contributed by atoms with Crippen LogP contribution in [0.1, 0.15) is 47.8 Å². The Morgan fingerprint density at radius 2 is 1.31 bits per heavy atom. The van der Waals surface area contributed by atoms with Gasteiger partial charge in [-0.1, -0.05) is 131 Å². The van der Waals surface area contributed by atoms with Gasteiger partial charge in [0.25, 0.3) is 0 Å². The standard InChI is InChI=1S/C43H32BrN3O/c1-27-14-6-8-18-32(27)43(35-21-11-9-19-33(35)42(2,44)34-20-10-12-22-36(34)43)41-46-39(28-15-4-3-5-16-28)45-40(47-41)29-24-25-31-30-17-7-13-23-37(30)48-38(31)26-29/h3-9,11-19,21-26H,10,20H2,1-2H3. The zero-order chi connectivity index (χ0) is 32.5. The minimum Gasteiger partial charge on any atom is -0.456 e. The van der Waals surface area contributed by atoms with Crippen LogP contribution in [0.4, 0.5) is 0 Å². The molecule has 0 bridgehead atoms. The minimum atomic E-state index is -0.786. The molecule has 9 rings (SSSR count). The summed E-state index contributed by atoms with van der Waals surface area (Å²) in [5.74, 6) is 1.96. The number of nitrogens with zero attached hydrogens (tertiary/aromatic N) is 3. The molecule has 4 nitrogen and oxygen atoms in total. The van der Waals surface area contributed by atoms with Gasteiger partial charge in [-0.15, -0.1) is 0 Å². The summed E-state index contributed by atoms with van der Waals surface area (Å²) in [5, 5.41) is 2.17. The maximum atomic E-state index is 6.33. The molecule has 0 N–H and O–H groups in total. The van der Waals surface area contributed by atoms with Crippen LogP contribution in [-0.4, -0.2) is 15.0 Å². The summed E-state index contributed by atoms with van der Waals surface area (Å²) in [5.41, 5.74) is 10.1. The lowest BCUT2D eigenvalue weighted by Crippen LogP contribution is -2.43. The second-order valence-electron chi connectivity index (χ2n) is 12.9. The fourth-order valence-electron chi connectivity index (χ4n) is 7.93. The smallest absolute Gasteiger partial charge is 0.163 e. The van der Waals surface area contributed by atoms with Gasteiger partial charge in [0, 0.05) is 21.9 Å². The van der Waals surface area contributed by atoms with E-state index in [1.807, 2.05) is 36.4 Å². The molecule has 0 fully saturated rings. The Morgan fingerprint density at radius 1 is 0.646 bits per heavy atom. The zero-order valence-corrected chi connectivity index (χ0v) is 28.3. The van der Waals surface area contributed by atoms with Crippen LogP contribution in [0.5, 0.6) is 0 Å². The van der Waals surface area contributed by atoms with Gasteiger partial charge in [0.2, 0.25) is 0 Å². The van der Waals surface area contributed by atoms with Crippen molar-refractivity contribution < 1.29 is 4.42 Å². The molecule has 5 heteroatoms. The number of fused-ring (bicyclic) bond motifs is 4. The number of halogens is 1. The number of furan rings is 1. The molecule has 2 aliphatic rings. The van der Waals surface area contributed by atoms with Crippen molar-refractivity contribution in [2.75, 3.05) is 0 Å². The molecule has 2 aromatic heterocycles. The highest BCUT2D eigenvalue weighted by molar-refractivity contribution is 9.09. The van der Waals surface area contributed by atoms with Crippen molar-refractivity contribution in [2.45, 2.75) is 36.4 Å². The molecule has 2 heterocycles. The Morgan fingerprint density at radius 3 is 2.12 bits per heavy atom.